The van der Waals surface area contributed by atoms with E-state index in [1.54, 1.807) is 55.5 Å². The predicted molar refractivity (Wildman–Crippen MR) is 83.8 cm³/mol. The van der Waals surface area contributed by atoms with Gasteiger partial charge in [-0.2, -0.15) is 0 Å². The average Bonchev–Trinajstić information content (AvgIpc) is 2.51. The van der Waals surface area contributed by atoms with Crippen molar-refractivity contribution in [1.82, 2.24) is 5.32 Å². The molecule has 112 valence electrons. The fourth-order valence-electron chi connectivity index (χ4n) is 1.89. The van der Waals surface area contributed by atoms with Gasteiger partial charge in [-0.05, 0) is 42.8 Å². The van der Waals surface area contributed by atoms with Gasteiger partial charge in [0.25, 0.3) is 5.91 Å². The summed E-state index contributed by atoms with van der Waals surface area (Å²) in [5, 5.41) is 7.36. The number of benzene rings is 2. The number of anilines is 2. The Morgan fingerprint density at radius 2 is 1.77 bits per heavy atom. The molecule has 0 unspecified atom stereocenters. The first-order chi connectivity index (χ1) is 10.6. The van der Waals surface area contributed by atoms with Gasteiger partial charge in [0.2, 0.25) is 6.41 Å². The fourth-order valence-corrected chi connectivity index (χ4v) is 1.89. The van der Waals surface area contributed by atoms with Gasteiger partial charge in [0, 0.05) is 16.9 Å². The first-order valence-corrected chi connectivity index (χ1v) is 6.58. The highest BCUT2D eigenvalue weighted by Crippen LogP contribution is 2.19. The van der Waals surface area contributed by atoms with Crippen molar-refractivity contribution >= 4 is 29.7 Å². The molecule has 3 N–H and O–H groups in total. The molecule has 0 radical (unpaired) electrons. The first kappa shape index (κ1) is 15.2. The minimum atomic E-state index is -0.621. The van der Waals surface area contributed by atoms with Crippen LogP contribution in [0.5, 0.6) is 0 Å². The van der Waals surface area contributed by atoms with E-state index in [2.05, 4.69) is 16.0 Å². The molecule has 0 spiro atoms. The van der Waals surface area contributed by atoms with Crippen molar-refractivity contribution in [2.45, 2.75) is 6.92 Å². The van der Waals surface area contributed by atoms with E-state index in [4.69, 9.17) is 0 Å². The molecular weight excluding hydrogens is 282 g/mol. The molecule has 2 aromatic carbocycles. The molecule has 0 bridgehead atoms. The minimum absolute atomic E-state index is 0.402. The van der Waals surface area contributed by atoms with Gasteiger partial charge in [-0.3, -0.25) is 14.9 Å². The Bertz CT molecular complexity index is 699. The summed E-state index contributed by atoms with van der Waals surface area (Å²) in [5.74, 6) is -0.478. The Labute approximate surface area is 127 Å². The van der Waals surface area contributed by atoms with E-state index in [-0.39, 0.29) is 0 Å². The fraction of sp³-hybridized carbons (Fsp3) is 0.0625. The largest absolute Gasteiger partial charge is 0.328 e. The molecule has 0 heterocycles. The SMILES string of the molecule is Cc1cc(NC(=O)NC(=O)c2ccccc2)ccc1NC=O. The number of carbonyl (C=O) groups is 3. The minimum Gasteiger partial charge on any atom is -0.328 e. The summed E-state index contributed by atoms with van der Waals surface area (Å²) in [6.07, 6.45) is 0.584. The van der Waals surface area contributed by atoms with Crippen LogP contribution in [0, 0.1) is 6.92 Å². The normalized spacial score (nSPS) is 9.68. The Hall–Kier alpha value is -3.15. The van der Waals surface area contributed by atoms with Crippen LogP contribution in [0.2, 0.25) is 0 Å². The number of urea groups is 1. The van der Waals surface area contributed by atoms with E-state index < -0.39 is 11.9 Å². The molecule has 0 aromatic heterocycles. The third-order valence-corrected chi connectivity index (χ3v) is 2.96. The molecule has 0 atom stereocenters. The summed E-state index contributed by atoms with van der Waals surface area (Å²) >= 11 is 0. The van der Waals surface area contributed by atoms with Crippen molar-refractivity contribution in [3.8, 4) is 0 Å². The third-order valence-electron chi connectivity index (χ3n) is 2.96. The van der Waals surface area contributed by atoms with Crippen LogP contribution in [0.25, 0.3) is 0 Å². The Balaban J connectivity index is 1.99. The summed E-state index contributed by atoms with van der Waals surface area (Å²) < 4.78 is 0. The topological polar surface area (TPSA) is 87.3 Å². The van der Waals surface area contributed by atoms with Gasteiger partial charge in [-0.25, -0.2) is 4.79 Å². The second-order valence-electron chi connectivity index (χ2n) is 4.57. The maximum atomic E-state index is 11.8. The number of hydrogen-bond donors (Lipinski definition) is 3. The van der Waals surface area contributed by atoms with Crippen LogP contribution in [0.15, 0.2) is 48.5 Å². The molecule has 0 fully saturated rings. The zero-order valence-corrected chi connectivity index (χ0v) is 11.9. The van der Waals surface area contributed by atoms with E-state index in [1.165, 1.54) is 0 Å². The van der Waals surface area contributed by atoms with Gasteiger partial charge < -0.3 is 10.6 Å². The van der Waals surface area contributed by atoms with Gasteiger partial charge in [0.15, 0.2) is 0 Å². The van der Waals surface area contributed by atoms with E-state index in [9.17, 15) is 14.4 Å². The average molecular weight is 297 g/mol. The molecule has 0 aliphatic carbocycles. The number of imide groups is 1. The highest BCUT2D eigenvalue weighted by atomic mass is 16.2. The Morgan fingerprint density at radius 1 is 1.05 bits per heavy atom. The first-order valence-electron chi connectivity index (χ1n) is 6.58. The monoisotopic (exact) mass is 297 g/mol. The van der Waals surface area contributed by atoms with Crippen molar-refractivity contribution < 1.29 is 14.4 Å². The Morgan fingerprint density at radius 3 is 2.41 bits per heavy atom. The van der Waals surface area contributed by atoms with Crippen LogP contribution in [0.4, 0.5) is 16.2 Å². The van der Waals surface area contributed by atoms with Gasteiger partial charge in [0.05, 0.1) is 0 Å². The summed E-state index contributed by atoms with van der Waals surface area (Å²) in [4.78, 5) is 34.1. The molecule has 22 heavy (non-hydrogen) atoms. The van der Waals surface area contributed by atoms with Crippen LogP contribution in [0.1, 0.15) is 15.9 Å². The van der Waals surface area contributed by atoms with Crippen LogP contribution in [0.3, 0.4) is 0 Å². The molecule has 6 nitrogen and oxygen atoms in total. The molecule has 0 aliphatic heterocycles. The van der Waals surface area contributed by atoms with Gasteiger partial charge in [-0.15, -0.1) is 0 Å². The smallest absolute Gasteiger partial charge is 0.326 e. The number of aryl methyl sites for hydroxylation is 1. The zero-order chi connectivity index (χ0) is 15.9. The van der Waals surface area contributed by atoms with Crippen molar-refractivity contribution in [3.63, 3.8) is 0 Å². The van der Waals surface area contributed by atoms with E-state index in [0.29, 0.717) is 23.3 Å². The molecule has 0 saturated heterocycles. The second-order valence-corrected chi connectivity index (χ2v) is 4.57. The lowest BCUT2D eigenvalue weighted by Crippen LogP contribution is -2.34. The van der Waals surface area contributed by atoms with Gasteiger partial charge in [0.1, 0.15) is 0 Å². The number of nitrogens with one attached hydrogen (secondary N) is 3. The Kier molecular flexibility index (Phi) is 4.87. The lowest BCUT2D eigenvalue weighted by atomic mass is 10.2. The van der Waals surface area contributed by atoms with Crippen LogP contribution in [-0.4, -0.2) is 18.3 Å². The lowest BCUT2D eigenvalue weighted by molar-refractivity contribution is -0.105. The molecule has 4 amide bonds. The quantitative estimate of drug-likeness (QED) is 0.758. The van der Waals surface area contributed by atoms with E-state index >= 15 is 0 Å². The standard InChI is InChI=1S/C16H15N3O3/c1-11-9-13(7-8-14(11)17-10-20)18-16(22)19-15(21)12-5-3-2-4-6-12/h2-10H,1H3,(H,17,20)(H2,18,19,21,22). The number of hydrogen-bond acceptors (Lipinski definition) is 3. The van der Waals surface area contributed by atoms with E-state index in [0.717, 1.165) is 5.56 Å². The molecule has 6 heteroatoms. The van der Waals surface area contributed by atoms with Crippen molar-refractivity contribution in [2.24, 2.45) is 0 Å². The maximum Gasteiger partial charge on any atom is 0.326 e. The van der Waals surface area contributed by atoms with Gasteiger partial charge >= 0.3 is 6.03 Å². The summed E-state index contributed by atoms with van der Waals surface area (Å²) in [7, 11) is 0. The lowest BCUT2D eigenvalue weighted by Gasteiger charge is -2.09. The van der Waals surface area contributed by atoms with Crippen molar-refractivity contribution in [3.05, 3.63) is 59.7 Å². The summed E-state index contributed by atoms with van der Waals surface area (Å²) in [6.45, 7) is 1.80. The highest BCUT2D eigenvalue weighted by molar-refractivity contribution is 6.08. The van der Waals surface area contributed by atoms with Crippen molar-refractivity contribution in [2.75, 3.05) is 10.6 Å². The predicted octanol–water partition coefficient (Wildman–Crippen LogP) is 2.53. The van der Waals surface area contributed by atoms with E-state index in [1.807, 2.05) is 0 Å². The third kappa shape index (κ3) is 3.92. The molecule has 0 saturated carbocycles. The number of amides is 4. The van der Waals surface area contributed by atoms with Crippen LogP contribution < -0.4 is 16.0 Å². The molecule has 2 aromatic rings. The van der Waals surface area contributed by atoms with Crippen LogP contribution in [-0.2, 0) is 4.79 Å². The van der Waals surface area contributed by atoms with Crippen molar-refractivity contribution in [1.29, 1.82) is 0 Å². The summed E-state index contributed by atoms with van der Waals surface area (Å²) in [5.41, 5.74) is 2.37. The highest BCUT2D eigenvalue weighted by Gasteiger charge is 2.10. The molecule has 0 aliphatic rings. The molecule has 2 rings (SSSR count). The molecular formula is C16H15N3O3. The maximum absolute atomic E-state index is 11.8. The number of carbonyl (C=O) groups excluding carboxylic acids is 3. The zero-order valence-electron chi connectivity index (χ0n) is 11.9. The second kappa shape index (κ2) is 7.03. The summed E-state index contributed by atoms with van der Waals surface area (Å²) in [6, 6.07) is 12.8. The number of rotatable bonds is 4. The van der Waals surface area contributed by atoms with Crippen LogP contribution >= 0.6 is 0 Å². The van der Waals surface area contributed by atoms with Gasteiger partial charge in [-0.1, -0.05) is 18.2 Å².